The van der Waals surface area contributed by atoms with Gasteiger partial charge in [-0.3, -0.25) is 4.57 Å². The summed E-state index contributed by atoms with van der Waals surface area (Å²) >= 11 is 0. The Hall–Kier alpha value is -2.30. The smallest absolute Gasteiger partial charge is 0.207 e. The van der Waals surface area contributed by atoms with E-state index in [9.17, 15) is 0 Å². The van der Waals surface area contributed by atoms with Gasteiger partial charge in [0.05, 0.1) is 11.4 Å². The highest BCUT2D eigenvalue weighted by Crippen LogP contribution is 2.25. The minimum Gasteiger partial charge on any atom is -0.369 e. The highest BCUT2D eigenvalue weighted by Gasteiger charge is 2.17. The van der Waals surface area contributed by atoms with Gasteiger partial charge in [-0.2, -0.15) is 5.10 Å². The number of benzene rings is 1. The first kappa shape index (κ1) is 13.7. The van der Waals surface area contributed by atoms with E-state index in [0.29, 0.717) is 5.95 Å². The fourth-order valence-corrected chi connectivity index (χ4v) is 2.76. The van der Waals surface area contributed by atoms with Crippen molar-refractivity contribution in [1.82, 2.24) is 19.3 Å². The van der Waals surface area contributed by atoms with Gasteiger partial charge in [-0.15, -0.1) is 0 Å². The maximum absolute atomic E-state index is 6.13. The minimum atomic E-state index is 0.510. The number of fused-ring (bicyclic) bond motifs is 1. The Kier molecular flexibility index (Phi) is 3.41. The van der Waals surface area contributed by atoms with E-state index >= 15 is 0 Å². The third kappa shape index (κ3) is 2.18. The molecule has 0 saturated heterocycles. The molecule has 1 aromatic carbocycles. The van der Waals surface area contributed by atoms with E-state index in [1.807, 2.05) is 16.2 Å². The second-order valence-corrected chi connectivity index (χ2v) is 5.30. The minimum absolute atomic E-state index is 0.510. The van der Waals surface area contributed by atoms with Gasteiger partial charge in [0, 0.05) is 6.54 Å². The lowest BCUT2D eigenvalue weighted by Gasteiger charge is -2.09. The second-order valence-electron chi connectivity index (χ2n) is 5.30. The van der Waals surface area contributed by atoms with Crippen molar-refractivity contribution in [2.24, 2.45) is 0 Å². The molecule has 0 saturated carbocycles. The topological polar surface area (TPSA) is 61.7 Å². The monoisotopic (exact) mass is 283 g/mol. The molecule has 0 unspecified atom stereocenters. The number of nitrogens with zero attached hydrogens (tertiary/aromatic N) is 4. The van der Waals surface area contributed by atoms with Gasteiger partial charge in [0.2, 0.25) is 5.95 Å². The van der Waals surface area contributed by atoms with Crippen LogP contribution in [0.3, 0.4) is 0 Å². The number of aryl methyl sites for hydroxylation is 3. The van der Waals surface area contributed by atoms with Crippen LogP contribution >= 0.6 is 0 Å². The summed E-state index contributed by atoms with van der Waals surface area (Å²) in [6.07, 6.45) is 2.25. The highest BCUT2D eigenvalue weighted by atomic mass is 15.4. The standard InChI is InChI=1S/C16H21N5/c1-4-6-12-7-9-13(10-8-12)21-15-14(18-16(21)17)11(3)19-20(15)5-2/h7-10H,4-6H2,1-3H3,(H2,17,18). The number of hydrogen-bond donors (Lipinski definition) is 1. The van der Waals surface area contributed by atoms with Gasteiger partial charge in [-0.05, 0) is 38.0 Å². The molecule has 110 valence electrons. The van der Waals surface area contributed by atoms with E-state index in [-0.39, 0.29) is 0 Å². The Morgan fingerprint density at radius 2 is 1.86 bits per heavy atom. The van der Waals surface area contributed by atoms with Crippen LogP contribution in [-0.4, -0.2) is 19.3 Å². The lowest BCUT2D eigenvalue weighted by Crippen LogP contribution is -2.06. The summed E-state index contributed by atoms with van der Waals surface area (Å²) in [4.78, 5) is 4.47. The number of nitrogen functional groups attached to an aromatic ring is 1. The zero-order valence-electron chi connectivity index (χ0n) is 12.8. The Balaban J connectivity index is 2.17. The van der Waals surface area contributed by atoms with Gasteiger partial charge < -0.3 is 5.73 Å². The lowest BCUT2D eigenvalue weighted by atomic mass is 10.1. The van der Waals surface area contributed by atoms with Gasteiger partial charge in [0.1, 0.15) is 5.52 Å². The first-order valence-electron chi connectivity index (χ1n) is 7.46. The Bertz CT molecular complexity index is 764. The van der Waals surface area contributed by atoms with Crippen LogP contribution < -0.4 is 5.73 Å². The van der Waals surface area contributed by atoms with Crippen LogP contribution in [0.2, 0.25) is 0 Å². The molecule has 0 aliphatic heterocycles. The molecule has 3 rings (SSSR count). The van der Waals surface area contributed by atoms with E-state index in [4.69, 9.17) is 5.73 Å². The maximum Gasteiger partial charge on any atom is 0.207 e. The average molecular weight is 283 g/mol. The third-order valence-corrected chi connectivity index (χ3v) is 3.77. The first-order valence-corrected chi connectivity index (χ1v) is 7.46. The SMILES string of the molecule is CCCc1ccc(-n2c(N)nc3c(C)nn(CC)c32)cc1. The number of rotatable bonds is 4. The van der Waals surface area contributed by atoms with Gasteiger partial charge >= 0.3 is 0 Å². The van der Waals surface area contributed by atoms with Crippen LogP contribution in [0, 0.1) is 6.92 Å². The quantitative estimate of drug-likeness (QED) is 0.800. The fourth-order valence-electron chi connectivity index (χ4n) is 2.76. The van der Waals surface area contributed by atoms with Crippen molar-refractivity contribution in [2.75, 3.05) is 5.73 Å². The van der Waals surface area contributed by atoms with Crippen molar-refractivity contribution in [1.29, 1.82) is 0 Å². The molecule has 5 nitrogen and oxygen atoms in total. The van der Waals surface area contributed by atoms with E-state index in [1.54, 1.807) is 0 Å². The summed E-state index contributed by atoms with van der Waals surface area (Å²) in [6.45, 7) is 7.02. The highest BCUT2D eigenvalue weighted by molar-refractivity contribution is 5.80. The molecule has 0 radical (unpaired) electrons. The van der Waals surface area contributed by atoms with E-state index < -0.39 is 0 Å². The molecule has 0 amide bonds. The summed E-state index contributed by atoms with van der Waals surface area (Å²) in [6, 6.07) is 8.52. The summed E-state index contributed by atoms with van der Waals surface area (Å²) in [5, 5.41) is 4.52. The molecule has 0 aliphatic rings. The van der Waals surface area contributed by atoms with Crippen LogP contribution in [0.25, 0.3) is 16.9 Å². The molecule has 2 aromatic heterocycles. The van der Waals surface area contributed by atoms with Crippen molar-refractivity contribution >= 4 is 17.1 Å². The molecule has 21 heavy (non-hydrogen) atoms. The van der Waals surface area contributed by atoms with Gasteiger partial charge in [0.15, 0.2) is 5.65 Å². The van der Waals surface area contributed by atoms with Gasteiger partial charge in [0.25, 0.3) is 0 Å². The molecule has 0 bridgehead atoms. The van der Waals surface area contributed by atoms with Crippen molar-refractivity contribution in [2.45, 2.75) is 40.2 Å². The number of hydrogen-bond acceptors (Lipinski definition) is 3. The van der Waals surface area contributed by atoms with Crippen LogP contribution in [0.15, 0.2) is 24.3 Å². The van der Waals surface area contributed by atoms with Crippen molar-refractivity contribution in [3.63, 3.8) is 0 Å². The maximum atomic E-state index is 6.13. The van der Waals surface area contributed by atoms with Crippen molar-refractivity contribution in [3.05, 3.63) is 35.5 Å². The molecule has 2 N–H and O–H groups in total. The summed E-state index contributed by atoms with van der Waals surface area (Å²) in [5.41, 5.74) is 11.3. The molecule has 2 heterocycles. The van der Waals surface area contributed by atoms with Gasteiger partial charge in [-0.25, -0.2) is 9.67 Å². The molecule has 0 fully saturated rings. The Morgan fingerprint density at radius 1 is 1.14 bits per heavy atom. The number of anilines is 1. The van der Waals surface area contributed by atoms with Crippen LogP contribution in [0.5, 0.6) is 0 Å². The summed E-state index contributed by atoms with van der Waals surface area (Å²) < 4.78 is 3.93. The van der Waals surface area contributed by atoms with Crippen molar-refractivity contribution < 1.29 is 0 Å². The zero-order chi connectivity index (χ0) is 15.0. The zero-order valence-corrected chi connectivity index (χ0v) is 12.8. The third-order valence-electron chi connectivity index (χ3n) is 3.77. The molecule has 3 aromatic rings. The second kappa shape index (κ2) is 5.24. The summed E-state index contributed by atoms with van der Waals surface area (Å²) in [7, 11) is 0. The molecule has 0 aliphatic carbocycles. The molecular formula is C16H21N5. The average Bonchev–Trinajstić information content (AvgIpc) is 2.97. The Morgan fingerprint density at radius 3 is 2.48 bits per heavy atom. The van der Waals surface area contributed by atoms with E-state index in [2.05, 4.69) is 48.2 Å². The first-order chi connectivity index (χ1) is 10.2. The number of nitrogens with two attached hydrogens (primary N) is 1. The summed E-state index contributed by atoms with van der Waals surface area (Å²) in [5.74, 6) is 0.510. The predicted molar refractivity (Wildman–Crippen MR) is 85.7 cm³/mol. The molecule has 0 spiro atoms. The molecule has 0 atom stereocenters. The molecule has 5 heteroatoms. The number of imidazole rings is 1. The fraction of sp³-hybridized carbons (Fsp3) is 0.375. The normalized spacial score (nSPS) is 11.4. The predicted octanol–water partition coefficient (Wildman–Crippen LogP) is 3.09. The van der Waals surface area contributed by atoms with Crippen molar-refractivity contribution in [3.8, 4) is 5.69 Å². The lowest BCUT2D eigenvalue weighted by molar-refractivity contribution is 0.663. The van der Waals surface area contributed by atoms with Crippen LogP contribution in [-0.2, 0) is 13.0 Å². The van der Waals surface area contributed by atoms with Crippen LogP contribution in [0.4, 0.5) is 5.95 Å². The van der Waals surface area contributed by atoms with E-state index in [1.165, 1.54) is 5.56 Å². The molecular weight excluding hydrogens is 262 g/mol. The largest absolute Gasteiger partial charge is 0.369 e. The Labute approximate surface area is 124 Å². The van der Waals surface area contributed by atoms with Crippen LogP contribution in [0.1, 0.15) is 31.5 Å². The van der Waals surface area contributed by atoms with E-state index in [0.717, 1.165) is 41.9 Å². The van der Waals surface area contributed by atoms with Gasteiger partial charge in [-0.1, -0.05) is 25.5 Å². The number of aromatic nitrogens is 4.